The fourth-order valence-electron chi connectivity index (χ4n) is 6.46. The van der Waals surface area contributed by atoms with Gasteiger partial charge in [0, 0.05) is 12.5 Å². The van der Waals surface area contributed by atoms with Crippen LogP contribution in [0.3, 0.4) is 0 Å². The van der Waals surface area contributed by atoms with Crippen LogP contribution >= 0.6 is 0 Å². The second-order valence-electron chi connectivity index (χ2n) is 9.72. The Morgan fingerprint density at radius 1 is 1.25 bits per heavy atom. The van der Waals surface area contributed by atoms with E-state index in [9.17, 15) is 29.4 Å². The van der Waals surface area contributed by atoms with Crippen LogP contribution in [0.15, 0.2) is 24.0 Å². The van der Waals surface area contributed by atoms with Gasteiger partial charge >= 0.3 is 23.9 Å². The number of aromatic hydroxyl groups is 1. The number of esters is 3. The molecule has 192 valence electrons. The monoisotopic (exact) mass is 502 g/mol. The number of hydrogen-bond acceptors (Lipinski definition) is 10. The fraction of sp³-hybridized carbons (Fsp3) is 0.520. The smallest absolute Gasteiger partial charge is 0.348 e. The van der Waals surface area contributed by atoms with Crippen LogP contribution in [-0.2, 0) is 45.2 Å². The largest absolute Gasteiger partial charge is 0.504 e. The molecule has 0 radical (unpaired) electrons. The van der Waals surface area contributed by atoms with E-state index < -0.39 is 60.1 Å². The predicted octanol–water partition coefficient (Wildman–Crippen LogP) is 1.26. The molecule has 0 unspecified atom stereocenters. The van der Waals surface area contributed by atoms with Crippen molar-refractivity contribution in [1.82, 2.24) is 0 Å². The summed E-state index contributed by atoms with van der Waals surface area (Å²) in [6.45, 7) is 0.0712. The molecule has 1 fully saturated rings. The van der Waals surface area contributed by atoms with Gasteiger partial charge in [0.2, 0.25) is 6.10 Å². The molecule has 1 aromatic carbocycles. The molecule has 2 bridgehead atoms. The molecule has 5 rings (SSSR count). The lowest BCUT2D eigenvalue weighted by Gasteiger charge is -2.59. The molecule has 1 spiro atoms. The Morgan fingerprint density at radius 3 is 2.75 bits per heavy atom. The number of rotatable bonds is 7. The minimum absolute atomic E-state index is 0.0220. The summed E-state index contributed by atoms with van der Waals surface area (Å²) in [5, 5.41) is 31.2. The summed E-state index contributed by atoms with van der Waals surface area (Å²) in [6.07, 6.45) is 1.41. The van der Waals surface area contributed by atoms with Crippen LogP contribution in [0.2, 0.25) is 0 Å². The van der Waals surface area contributed by atoms with Gasteiger partial charge in [-0.25, -0.2) is 9.59 Å². The van der Waals surface area contributed by atoms with Crippen molar-refractivity contribution in [3.8, 4) is 11.5 Å². The first kappa shape index (κ1) is 24.1. The summed E-state index contributed by atoms with van der Waals surface area (Å²) in [5.74, 6) is -4.09. The summed E-state index contributed by atoms with van der Waals surface area (Å²) >= 11 is 0. The highest BCUT2D eigenvalue weighted by molar-refractivity contribution is 5.85. The lowest BCUT2D eigenvalue weighted by atomic mass is 9.47. The number of carboxylic acids is 1. The van der Waals surface area contributed by atoms with Gasteiger partial charge in [0.05, 0.1) is 17.4 Å². The van der Waals surface area contributed by atoms with E-state index in [1.165, 1.54) is 0 Å². The Bertz CT molecular complexity index is 1190. The van der Waals surface area contributed by atoms with Gasteiger partial charge in [-0.3, -0.25) is 9.59 Å². The molecule has 11 heteroatoms. The molecule has 5 atom stereocenters. The fourth-order valence-corrected chi connectivity index (χ4v) is 6.46. The number of hydrogen-bond donors (Lipinski definition) is 3. The average Bonchev–Trinajstić information content (AvgIpc) is 3.15. The molecule has 1 heterocycles. The number of aliphatic hydroxyl groups is 1. The van der Waals surface area contributed by atoms with Crippen molar-refractivity contribution in [3.05, 3.63) is 35.1 Å². The second kappa shape index (κ2) is 8.51. The van der Waals surface area contributed by atoms with E-state index in [1.807, 2.05) is 6.07 Å². The topological polar surface area (TPSA) is 166 Å². The third-order valence-electron chi connectivity index (χ3n) is 7.76. The Morgan fingerprint density at radius 2 is 2.03 bits per heavy atom. The van der Waals surface area contributed by atoms with Crippen molar-refractivity contribution >= 4 is 23.9 Å². The Balaban J connectivity index is 1.41. The van der Waals surface area contributed by atoms with Gasteiger partial charge in [-0.2, -0.15) is 0 Å². The third kappa shape index (κ3) is 3.52. The Kier molecular flexibility index (Phi) is 5.70. The van der Waals surface area contributed by atoms with Crippen molar-refractivity contribution < 1.29 is 53.4 Å². The molecular weight excluding hydrogens is 476 g/mol. The molecular formula is C25H26O11. The van der Waals surface area contributed by atoms with Crippen LogP contribution < -0.4 is 4.74 Å². The summed E-state index contributed by atoms with van der Waals surface area (Å²) < 4.78 is 21.2. The van der Waals surface area contributed by atoms with Gasteiger partial charge in [-0.1, -0.05) is 12.5 Å². The van der Waals surface area contributed by atoms with Crippen LogP contribution in [0.4, 0.5) is 0 Å². The second-order valence-corrected chi connectivity index (χ2v) is 9.72. The number of benzene rings is 1. The van der Waals surface area contributed by atoms with Crippen molar-refractivity contribution in [1.29, 1.82) is 0 Å². The van der Waals surface area contributed by atoms with E-state index >= 15 is 0 Å². The first-order chi connectivity index (χ1) is 17.1. The van der Waals surface area contributed by atoms with Crippen LogP contribution in [0.25, 0.3) is 0 Å². The van der Waals surface area contributed by atoms with E-state index in [1.54, 1.807) is 12.1 Å². The Labute approximate surface area is 205 Å². The van der Waals surface area contributed by atoms with Gasteiger partial charge in [-0.15, -0.1) is 0 Å². The number of carbonyl (C=O) groups excluding carboxylic acids is 3. The first-order valence-corrected chi connectivity index (χ1v) is 11.8. The minimum atomic E-state index is -1.69. The van der Waals surface area contributed by atoms with Crippen LogP contribution in [0.5, 0.6) is 11.5 Å². The quantitative estimate of drug-likeness (QED) is 0.363. The molecule has 0 saturated heterocycles. The van der Waals surface area contributed by atoms with E-state index in [0.717, 1.165) is 30.9 Å². The zero-order chi connectivity index (χ0) is 25.8. The van der Waals surface area contributed by atoms with Crippen LogP contribution in [0.1, 0.15) is 50.2 Å². The normalized spacial score (nSPS) is 29.7. The van der Waals surface area contributed by atoms with E-state index in [0.29, 0.717) is 12.8 Å². The van der Waals surface area contributed by atoms with Crippen molar-refractivity contribution in [2.45, 2.75) is 68.7 Å². The zero-order valence-corrected chi connectivity index (χ0v) is 19.5. The summed E-state index contributed by atoms with van der Waals surface area (Å²) in [4.78, 5) is 47.1. The van der Waals surface area contributed by atoms with Gasteiger partial charge in [0.15, 0.2) is 24.2 Å². The maximum Gasteiger partial charge on any atom is 0.348 e. The summed E-state index contributed by atoms with van der Waals surface area (Å²) in [5.41, 5.74) is -0.304. The van der Waals surface area contributed by atoms with Gasteiger partial charge in [0.25, 0.3) is 0 Å². The number of aliphatic carboxylic acids is 1. The SMILES string of the molecule is CC(=O)O[C@@H](CC(=O)OC1=CC[C@@]2(O)[C@@H]3CCC[C@@]24c2c(ccc(O)c2O[C@@H]14)C3)C(=O)OCC(=O)O. The molecule has 0 aromatic heterocycles. The number of phenols is 1. The van der Waals surface area contributed by atoms with Gasteiger partial charge in [0.1, 0.15) is 5.76 Å². The molecule has 11 nitrogen and oxygen atoms in total. The molecule has 3 N–H and O–H groups in total. The van der Waals surface area contributed by atoms with E-state index in [2.05, 4.69) is 4.74 Å². The highest BCUT2D eigenvalue weighted by atomic mass is 16.6. The molecule has 1 aromatic rings. The maximum atomic E-state index is 12.8. The van der Waals surface area contributed by atoms with E-state index in [-0.39, 0.29) is 29.6 Å². The third-order valence-corrected chi connectivity index (χ3v) is 7.76. The zero-order valence-electron chi connectivity index (χ0n) is 19.5. The number of phenolic OH excluding ortho intramolecular Hbond substituents is 1. The highest BCUT2D eigenvalue weighted by Crippen LogP contribution is 2.67. The molecule has 1 aliphatic heterocycles. The van der Waals surface area contributed by atoms with Crippen molar-refractivity contribution in [2.24, 2.45) is 5.92 Å². The lowest BCUT2D eigenvalue weighted by molar-refractivity contribution is -0.174. The van der Waals surface area contributed by atoms with Crippen molar-refractivity contribution in [2.75, 3.05) is 6.61 Å². The van der Waals surface area contributed by atoms with E-state index in [4.69, 9.17) is 19.3 Å². The molecule has 4 aliphatic rings. The van der Waals surface area contributed by atoms with Crippen molar-refractivity contribution in [3.63, 3.8) is 0 Å². The lowest BCUT2D eigenvalue weighted by Crippen LogP contribution is -2.67. The Hall–Kier alpha value is -3.60. The number of carboxylic acid groups (broad SMARTS) is 1. The average molecular weight is 502 g/mol. The highest BCUT2D eigenvalue weighted by Gasteiger charge is 2.70. The number of ether oxygens (including phenoxy) is 4. The van der Waals surface area contributed by atoms with Gasteiger partial charge in [-0.05, 0) is 49.3 Å². The minimum Gasteiger partial charge on any atom is -0.504 e. The molecule has 3 aliphatic carbocycles. The standard InChI is InChI=1S/C25H26O11/c1-12(26)34-17(23(31)33-11-18(28)29)10-19(30)35-16-6-8-25(32)14-3-2-7-24(25)20-13(9-14)4-5-15(27)21(20)36-22(16)24/h4-6,14,17,22,27,32H,2-3,7-11H2,1H3,(H,28,29)/t14-,17+,22+,24+,25-/m1/s1. The first-order valence-electron chi connectivity index (χ1n) is 11.8. The van der Waals surface area contributed by atoms with Crippen LogP contribution in [-0.4, -0.2) is 63.6 Å². The predicted molar refractivity (Wildman–Crippen MR) is 118 cm³/mol. The molecule has 1 saturated carbocycles. The molecule has 36 heavy (non-hydrogen) atoms. The van der Waals surface area contributed by atoms with Gasteiger partial charge < -0.3 is 34.3 Å². The number of carbonyl (C=O) groups is 4. The maximum absolute atomic E-state index is 12.8. The molecule has 0 amide bonds. The summed E-state index contributed by atoms with van der Waals surface area (Å²) in [7, 11) is 0. The van der Waals surface area contributed by atoms with Crippen LogP contribution in [0, 0.1) is 5.92 Å². The summed E-state index contributed by atoms with van der Waals surface area (Å²) in [6, 6.07) is 3.40.